The van der Waals surface area contributed by atoms with E-state index in [0.717, 1.165) is 23.2 Å². The van der Waals surface area contributed by atoms with Gasteiger partial charge in [0.2, 0.25) is 5.88 Å². The van der Waals surface area contributed by atoms with Gasteiger partial charge in [-0.3, -0.25) is 9.78 Å². The molecule has 2 heterocycles. The first kappa shape index (κ1) is 15.9. The lowest BCUT2D eigenvalue weighted by molar-refractivity contribution is 0.0939. The molecule has 0 radical (unpaired) electrons. The SMILES string of the molecule is CCc1ncc(C(C)NC(=O)c2ccnc(OC)c2)cc1C. The van der Waals surface area contributed by atoms with Gasteiger partial charge in [0.1, 0.15) is 0 Å². The van der Waals surface area contributed by atoms with Gasteiger partial charge in [-0.05, 0) is 37.5 Å². The molecular formula is C17H21N3O2. The van der Waals surface area contributed by atoms with Crippen LogP contribution in [0.1, 0.15) is 47.1 Å². The first-order valence-corrected chi connectivity index (χ1v) is 7.31. The van der Waals surface area contributed by atoms with Gasteiger partial charge in [-0.1, -0.05) is 13.0 Å². The number of nitrogens with zero attached hydrogens (tertiary/aromatic N) is 2. The van der Waals surface area contributed by atoms with Crippen molar-refractivity contribution in [2.45, 2.75) is 33.2 Å². The number of hydrogen-bond donors (Lipinski definition) is 1. The first-order valence-electron chi connectivity index (χ1n) is 7.31. The average molecular weight is 299 g/mol. The highest BCUT2D eigenvalue weighted by Gasteiger charge is 2.13. The molecule has 0 saturated heterocycles. The lowest BCUT2D eigenvalue weighted by Crippen LogP contribution is -2.27. The Bertz CT molecular complexity index is 671. The van der Waals surface area contributed by atoms with Crippen LogP contribution in [0.4, 0.5) is 0 Å². The zero-order chi connectivity index (χ0) is 16.1. The van der Waals surface area contributed by atoms with Crippen molar-refractivity contribution in [2.75, 3.05) is 7.11 Å². The van der Waals surface area contributed by atoms with Crippen LogP contribution in [0.15, 0.2) is 30.6 Å². The molecule has 0 aliphatic carbocycles. The minimum atomic E-state index is -0.162. The molecule has 22 heavy (non-hydrogen) atoms. The Morgan fingerprint density at radius 2 is 2.14 bits per heavy atom. The molecule has 0 spiro atoms. The van der Waals surface area contributed by atoms with Crippen LogP contribution in [0.5, 0.6) is 5.88 Å². The van der Waals surface area contributed by atoms with Gasteiger partial charge < -0.3 is 10.1 Å². The van der Waals surface area contributed by atoms with Crippen LogP contribution in [0.25, 0.3) is 0 Å². The minimum absolute atomic E-state index is 0.122. The third-order valence-electron chi connectivity index (χ3n) is 3.60. The van der Waals surface area contributed by atoms with Crippen molar-refractivity contribution in [1.29, 1.82) is 0 Å². The monoisotopic (exact) mass is 299 g/mol. The molecule has 0 aliphatic rings. The summed E-state index contributed by atoms with van der Waals surface area (Å²) in [5.41, 5.74) is 3.74. The highest BCUT2D eigenvalue weighted by Crippen LogP contribution is 2.17. The molecule has 5 nitrogen and oxygen atoms in total. The van der Waals surface area contributed by atoms with E-state index >= 15 is 0 Å². The second-order valence-electron chi connectivity index (χ2n) is 5.17. The van der Waals surface area contributed by atoms with E-state index in [0.29, 0.717) is 11.4 Å². The maximum absolute atomic E-state index is 12.3. The van der Waals surface area contributed by atoms with Crippen molar-refractivity contribution in [3.05, 3.63) is 53.0 Å². The van der Waals surface area contributed by atoms with Crippen LogP contribution >= 0.6 is 0 Å². The van der Waals surface area contributed by atoms with E-state index in [9.17, 15) is 4.79 Å². The Hall–Kier alpha value is -2.43. The van der Waals surface area contributed by atoms with Gasteiger partial charge in [-0.25, -0.2) is 4.98 Å². The predicted octanol–water partition coefficient (Wildman–Crippen LogP) is 2.85. The smallest absolute Gasteiger partial charge is 0.252 e. The summed E-state index contributed by atoms with van der Waals surface area (Å²) in [6.45, 7) is 6.06. The number of hydrogen-bond acceptors (Lipinski definition) is 4. The quantitative estimate of drug-likeness (QED) is 0.922. The number of aryl methyl sites for hydroxylation is 2. The maximum Gasteiger partial charge on any atom is 0.252 e. The van der Waals surface area contributed by atoms with E-state index in [-0.39, 0.29) is 11.9 Å². The highest BCUT2D eigenvalue weighted by molar-refractivity contribution is 5.94. The largest absolute Gasteiger partial charge is 0.481 e. The van der Waals surface area contributed by atoms with Gasteiger partial charge in [-0.15, -0.1) is 0 Å². The summed E-state index contributed by atoms with van der Waals surface area (Å²) in [5, 5.41) is 2.97. The average Bonchev–Trinajstić information content (AvgIpc) is 2.54. The zero-order valence-corrected chi connectivity index (χ0v) is 13.4. The van der Waals surface area contributed by atoms with Crippen LogP contribution in [0.2, 0.25) is 0 Å². The Balaban J connectivity index is 2.12. The van der Waals surface area contributed by atoms with Crippen LogP contribution in [-0.4, -0.2) is 23.0 Å². The summed E-state index contributed by atoms with van der Waals surface area (Å²) in [4.78, 5) is 20.7. The maximum atomic E-state index is 12.3. The Labute approximate surface area is 130 Å². The summed E-state index contributed by atoms with van der Waals surface area (Å²) in [6, 6.07) is 5.23. The third kappa shape index (κ3) is 3.61. The second kappa shape index (κ2) is 7.02. The number of rotatable bonds is 5. The molecular weight excluding hydrogens is 278 g/mol. The molecule has 0 aliphatic heterocycles. The molecule has 1 N–H and O–H groups in total. The summed E-state index contributed by atoms with van der Waals surface area (Å²) in [7, 11) is 1.52. The summed E-state index contributed by atoms with van der Waals surface area (Å²) in [6.07, 6.45) is 4.29. The van der Waals surface area contributed by atoms with Crippen molar-refractivity contribution in [3.8, 4) is 5.88 Å². The molecule has 0 bridgehead atoms. The summed E-state index contributed by atoms with van der Waals surface area (Å²) < 4.78 is 5.03. The van der Waals surface area contributed by atoms with Crippen LogP contribution < -0.4 is 10.1 Å². The third-order valence-corrected chi connectivity index (χ3v) is 3.60. The zero-order valence-electron chi connectivity index (χ0n) is 13.4. The number of amides is 1. The van der Waals surface area contributed by atoms with Crippen LogP contribution in [0.3, 0.4) is 0 Å². The fraction of sp³-hybridized carbons (Fsp3) is 0.353. The Kier molecular flexibility index (Phi) is 5.09. The number of carbonyl (C=O) groups excluding carboxylic acids is 1. The van der Waals surface area contributed by atoms with Gasteiger partial charge in [-0.2, -0.15) is 0 Å². The molecule has 2 aromatic heterocycles. The van der Waals surface area contributed by atoms with Crippen LogP contribution in [0, 0.1) is 6.92 Å². The molecule has 5 heteroatoms. The Morgan fingerprint density at radius 1 is 1.36 bits per heavy atom. The number of methoxy groups -OCH3 is 1. The first-order chi connectivity index (χ1) is 10.5. The van der Waals surface area contributed by atoms with E-state index in [4.69, 9.17) is 4.74 Å². The number of carbonyl (C=O) groups is 1. The second-order valence-corrected chi connectivity index (χ2v) is 5.17. The van der Waals surface area contributed by atoms with Gasteiger partial charge in [0, 0.05) is 29.7 Å². The normalized spacial score (nSPS) is 11.8. The Morgan fingerprint density at radius 3 is 2.77 bits per heavy atom. The number of nitrogens with one attached hydrogen (secondary N) is 1. The van der Waals surface area contributed by atoms with Crippen molar-refractivity contribution >= 4 is 5.91 Å². The lowest BCUT2D eigenvalue weighted by atomic mass is 10.1. The lowest BCUT2D eigenvalue weighted by Gasteiger charge is -2.15. The van der Waals surface area contributed by atoms with Gasteiger partial charge >= 0.3 is 0 Å². The summed E-state index contributed by atoms with van der Waals surface area (Å²) >= 11 is 0. The highest BCUT2D eigenvalue weighted by atomic mass is 16.5. The van der Waals surface area contributed by atoms with E-state index < -0.39 is 0 Å². The van der Waals surface area contributed by atoms with E-state index in [1.54, 1.807) is 18.3 Å². The number of pyridine rings is 2. The molecule has 116 valence electrons. The van der Waals surface area contributed by atoms with Crippen LogP contribution in [-0.2, 0) is 6.42 Å². The molecule has 1 unspecified atom stereocenters. The van der Waals surface area contributed by atoms with E-state index in [2.05, 4.69) is 28.3 Å². The van der Waals surface area contributed by atoms with Crippen molar-refractivity contribution < 1.29 is 9.53 Å². The number of ether oxygens (including phenoxy) is 1. The van der Waals surface area contributed by atoms with E-state index in [1.807, 2.05) is 20.0 Å². The van der Waals surface area contributed by atoms with Crippen molar-refractivity contribution in [1.82, 2.24) is 15.3 Å². The predicted molar refractivity (Wildman–Crippen MR) is 85.0 cm³/mol. The summed E-state index contributed by atoms with van der Waals surface area (Å²) in [5.74, 6) is 0.260. The van der Waals surface area contributed by atoms with Gasteiger partial charge in [0.25, 0.3) is 5.91 Å². The van der Waals surface area contributed by atoms with Gasteiger partial charge in [0.05, 0.1) is 13.2 Å². The molecule has 2 aromatic rings. The van der Waals surface area contributed by atoms with Gasteiger partial charge in [0.15, 0.2) is 0 Å². The topological polar surface area (TPSA) is 64.1 Å². The van der Waals surface area contributed by atoms with Crippen molar-refractivity contribution in [2.24, 2.45) is 0 Å². The molecule has 0 fully saturated rings. The molecule has 0 saturated carbocycles. The molecule has 2 rings (SSSR count). The fourth-order valence-corrected chi connectivity index (χ4v) is 2.26. The van der Waals surface area contributed by atoms with Crippen molar-refractivity contribution in [3.63, 3.8) is 0 Å². The molecule has 1 amide bonds. The molecule has 0 aromatic carbocycles. The molecule has 1 atom stereocenters. The fourth-order valence-electron chi connectivity index (χ4n) is 2.26. The minimum Gasteiger partial charge on any atom is -0.481 e. The standard InChI is InChI=1S/C17H21N3O2/c1-5-15-11(2)8-14(10-19-15)12(3)20-17(21)13-6-7-18-16(9-13)22-4/h6-10,12H,5H2,1-4H3,(H,20,21). The van der Waals surface area contributed by atoms with E-state index in [1.165, 1.54) is 7.11 Å². The number of aromatic nitrogens is 2.